The van der Waals surface area contributed by atoms with Crippen LogP contribution in [0.15, 0.2) is 54.6 Å². The monoisotopic (exact) mass is 450 g/mol. The number of nitrogens with zero attached hydrogens (tertiary/aromatic N) is 3. The minimum atomic E-state index is -0.302. The van der Waals surface area contributed by atoms with Gasteiger partial charge in [0, 0.05) is 42.7 Å². The van der Waals surface area contributed by atoms with Gasteiger partial charge in [-0.2, -0.15) is 0 Å². The maximum Gasteiger partial charge on any atom is 0.223 e. The van der Waals surface area contributed by atoms with E-state index >= 15 is 0 Å². The van der Waals surface area contributed by atoms with Crippen molar-refractivity contribution in [2.24, 2.45) is 5.92 Å². The number of aromatic nitrogens is 2. The lowest BCUT2D eigenvalue weighted by molar-refractivity contribution is -0.125. The first-order valence-electron chi connectivity index (χ1n) is 10.9. The number of amides is 1. The molecule has 4 rings (SSSR count). The fraction of sp³-hybridized carbons (Fsp3) is 0.320. The minimum Gasteiger partial charge on any atom is -0.497 e. The van der Waals surface area contributed by atoms with E-state index in [0.29, 0.717) is 29.3 Å². The first-order valence-corrected chi connectivity index (χ1v) is 10.9. The zero-order valence-electron chi connectivity index (χ0n) is 18.8. The van der Waals surface area contributed by atoms with Crippen molar-refractivity contribution in [2.75, 3.05) is 32.2 Å². The second-order valence-electron chi connectivity index (χ2n) is 7.94. The first kappa shape index (κ1) is 22.5. The number of anilines is 1. The number of carbonyl (C=O) groups is 1. The van der Waals surface area contributed by atoms with Crippen molar-refractivity contribution < 1.29 is 18.7 Å². The predicted molar refractivity (Wildman–Crippen MR) is 124 cm³/mol. The summed E-state index contributed by atoms with van der Waals surface area (Å²) >= 11 is 0. The number of ether oxygens (including phenoxy) is 2. The Labute approximate surface area is 192 Å². The van der Waals surface area contributed by atoms with Crippen molar-refractivity contribution in [2.45, 2.75) is 19.4 Å². The highest BCUT2D eigenvalue weighted by Gasteiger charge is 2.26. The molecule has 1 fully saturated rings. The van der Waals surface area contributed by atoms with Crippen molar-refractivity contribution in [3.8, 4) is 22.8 Å². The number of rotatable bonds is 7. The van der Waals surface area contributed by atoms with Crippen LogP contribution in [0.3, 0.4) is 0 Å². The fourth-order valence-corrected chi connectivity index (χ4v) is 3.99. The van der Waals surface area contributed by atoms with Gasteiger partial charge < -0.3 is 19.7 Å². The highest BCUT2D eigenvalue weighted by atomic mass is 19.1. The van der Waals surface area contributed by atoms with Crippen molar-refractivity contribution in [1.82, 2.24) is 15.5 Å². The molecule has 1 aliphatic heterocycles. The number of methoxy groups -OCH3 is 2. The topological polar surface area (TPSA) is 76.6 Å². The summed E-state index contributed by atoms with van der Waals surface area (Å²) in [5.41, 5.74) is 2.22. The van der Waals surface area contributed by atoms with Gasteiger partial charge in [0.05, 0.1) is 19.9 Å². The normalized spacial score (nSPS) is 14.1. The van der Waals surface area contributed by atoms with E-state index in [9.17, 15) is 9.18 Å². The third-order valence-corrected chi connectivity index (χ3v) is 5.91. The van der Waals surface area contributed by atoms with E-state index in [0.717, 1.165) is 37.3 Å². The van der Waals surface area contributed by atoms with E-state index in [1.807, 2.05) is 24.3 Å². The van der Waals surface area contributed by atoms with Crippen LogP contribution in [-0.4, -0.2) is 43.4 Å². The Morgan fingerprint density at radius 3 is 2.55 bits per heavy atom. The van der Waals surface area contributed by atoms with Gasteiger partial charge in [-0.1, -0.05) is 12.1 Å². The average molecular weight is 451 g/mol. The third kappa shape index (κ3) is 5.39. The van der Waals surface area contributed by atoms with E-state index < -0.39 is 0 Å². The maximum absolute atomic E-state index is 13.4. The number of benzene rings is 2. The smallest absolute Gasteiger partial charge is 0.223 e. The molecule has 3 aromatic rings. The third-order valence-electron chi connectivity index (χ3n) is 5.91. The van der Waals surface area contributed by atoms with Gasteiger partial charge in [-0.15, -0.1) is 10.2 Å². The molecule has 172 valence electrons. The first-order chi connectivity index (χ1) is 16.1. The molecule has 0 aliphatic carbocycles. The quantitative estimate of drug-likeness (QED) is 0.590. The van der Waals surface area contributed by atoms with Crippen LogP contribution in [0.25, 0.3) is 11.3 Å². The van der Waals surface area contributed by atoms with Crippen LogP contribution in [0.2, 0.25) is 0 Å². The Bertz CT molecular complexity index is 1100. The zero-order chi connectivity index (χ0) is 23.2. The van der Waals surface area contributed by atoms with Gasteiger partial charge in [0.15, 0.2) is 5.82 Å². The Morgan fingerprint density at radius 1 is 1.06 bits per heavy atom. The molecule has 0 radical (unpaired) electrons. The predicted octanol–water partition coefficient (Wildman–Crippen LogP) is 3.83. The van der Waals surface area contributed by atoms with Crippen LogP contribution in [0, 0.1) is 11.7 Å². The highest BCUT2D eigenvalue weighted by molar-refractivity contribution is 5.79. The molecule has 0 unspecified atom stereocenters. The summed E-state index contributed by atoms with van der Waals surface area (Å²) in [6, 6.07) is 15.6. The van der Waals surface area contributed by atoms with E-state index in [1.165, 1.54) is 12.1 Å². The molecule has 2 heterocycles. The maximum atomic E-state index is 13.4. The van der Waals surface area contributed by atoms with Crippen LogP contribution in [0.5, 0.6) is 11.5 Å². The van der Waals surface area contributed by atoms with Crippen molar-refractivity contribution in [3.05, 3.63) is 66.0 Å². The molecule has 8 heteroatoms. The Kier molecular flexibility index (Phi) is 7.02. The van der Waals surface area contributed by atoms with Crippen LogP contribution in [0.4, 0.5) is 10.2 Å². The van der Waals surface area contributed by atoms with Gasteiger partial charge in [-0.05, 0) is 49.2 Å². The van der Waals surface area contributed by atoms with Gasteiger partial charge in [0.2, 0.25) is 5.91 Å². The second-order valence-corrected chi connectivity index (χ2v) is 7.94. The molecule has 1 aromatic heterocycles. The van der Waals surface area contributed by atoms with Gasteiger partial charge >= 0.3 is 0 Å². The standard InChI is InChI=1S/C25H27FN4O3/c1-32-21-7-6-19(23(15-21)33-2)16-27-25(31)17-10-12-30(13-11-17)24-9-8-22(28-29-24)18-4-3-5-20(26)14-18/h3-9,14-15,17H,10-13,16H2,1-2H3,(H,27,31). The molecule has 33 heavy (non-hydrogen) atoms. The molecule has 2 aromatic carbocycles. The summed E-state index contributed by atoms with van der Waals surface area (Å²) in [5.74, 6) is 1.84. The van der Waals surface area contributed by atoms with E-state index in [-0.39, 0.29) is 17.6 Å². The lowest BCUT2D eigenvalue weighted by atomic mass is 9.95. The Hall–Kier alpha value is -3.68. The number of hydrogen-bond donors (Lipinski definition) is 1. The van der Waals surface area contributed by atoms with E-state index in [4.69, 9.17) is 9.47 Å². The number of hydrogen-bond acceptors (Lipinski definition) is 6. The van der Waals surface area contributed by atoms with Gasteiger partial charge in [-0.3, -0.25) is 4.79 Å². The molecule has 7 nitrogen and oxygen atoms in total. The van der Waals surface area contributed by atoms with Gasteiger partial charge in [0.1, 0.15) is 17.3 Å². The molecular weight excluding hydrogens is 423 g/mol. The number of carbonyl (C=O) groups excluding carboxylic acids is 1. The largest absolute Gasteiger partial charge is 0.497 e. The lowest BCUT2D eigenvalue weighted by Crippen LogP contribution is -2.40. The molecule has 1 amide bonds. The van der Waals surface area contributed by atoms with Gasteiger partial charge in [0.25, 0.3) is 0 Å². The second kappa shape index (κ2) is 10.3. The van der Waals surface area contributed by atoms with Crippen LogP contribution in [-0.2, 0) is 11.3 Å². The van der Waals surface area contributed by atoms with Crippen LogP contribution < -0.4 is 19.7 Å². The summed E-state index contributed by atoms with van der Waals surface area (Å²) in [4.78, 5) is 14.8. The van der Waals surface area contributed by atoms with Crippen LogP contribution in [0.1, 0.15) is 18.4 Å². The number of halogens is 1. The fourth-order valence-electron chi connectivity index (χ4n) is 3.99. The SMILES string of the molecule is COc1ccc(CNC(=O)C2CCN(c3ccc(-c4cccc(F)c4)nn3)CC2)c(OC)c1. The minimum absolute atomic E-state index is 0.0417. The summed E-state index contributed by atoms with van der Waals surface area (Å²) in [7, 11) is 3.20. The Balaban J connectivity index is 1.30. The van der Waals surface area contributed by atoms with E-state index in [1.54, 1.807) is 32.4 Å². The molecule has 0 atom stereocenters. The van der Waals surface area contributed by atoms with Gasteiger partial charge in [-0.25, -0.2) is 4.39 Å². The molecule has 1 aliphatic rings. The molecule has 1 saturated heterocycles. The van der Waals surface area contributed by atoms with Crippen molar-refractivity contribution in [1.29, 1.82) is 0 Å². The summed E-state index contributed by atoms with van der Waals surface area (Å²) in [6.07, 6.45) is 1.47. The molecule has 1 N–H and O–H groups in total. The zero-order valence-corrected chi connectivity index (χ0v) is 18.8. The van der Waals surface area contributed by atoms with E-state index in [2.05, 4.69) is 20.4 Å². The molecular formula is C25H27FN4O3. The lowest BCUT2D eigenvalue weighted by Gasteiger charge is -2.31. The van der Waals surface area contributed by atoms with Crippen LogP contribution >= 0.6 is 0 Å². The molecule has 0 bridgehead atoms. The summed E-state index contributed by atoms with van der Waals surface area (Å²) in [6.45, 7) is 1.84. The average Bonchev–Trinajstić information content (AvgIpc) is 2.87. The summed E-state index contributed by atoms with van der Waals surface area (Å²) < 4.78 is 24.1. The summed E-state index contributed by atoms with van der Waals surface area (Å²) in [5, 5.41) is 11.6. The van der Waals surface area contributed by atoms with Crippen molar-refractivity contribution in [3.63, 3.8) is 0 Å². The number of nitrogens with one attached hydrogen (secondary N) is 1. The molecule has 0 spiro atoms. The number of piperidine rings is 1. The van der Waals surface area contributed by atoms with Crippen molar-refractivity contribution >= 4 is 11.7 Å². The molecule has 0 saturated carbocycles. The Morgan fingerprint density at radius 2 is 1.88 bits per heavy atom. The highest BCUT2D eigenvalue weighted by Crippen LogP contribution is 2.26.